The lowest BCUT2D eigenvalue weighted by atomic mass is 10.0. The van der Waals surface area contributed by atoms with Gasteiger partial charge in [-0.25, -0.2) is 9.78 Å². The van der Waals surface area contributed by atoms with Gasteiger partial charge in [-0.2, -0.15) is 0 Å². The summed E-state index contributed by atoms with van der Waals surface area (Å²) in [4.78, 5) is 31.4. The molecule has 0 aliphatic carbocycles. The highest BCUT2D eigenvalue weighted by atomic mass is 35.5. The van der Waals surface area contributed by atoms with Crippen molar-refractivity contribution in [2.45, 2.75) is 46.3 Å². The van der Waals surface area contributed by atoms with Crippen LogP contribution in [0.15, 0.2) is 41.2 Å². The fraction of sp³-hybridized carbons (Fsp3) is 0.318. The van der Waals surface area contributed by atoms with E-state index in [2.05, 4.69) is 15.3 Å². The zero-order valence-electron chi connectivity index (χ0n) is 17.1. The quantitative estimate of drug-likeness (QED) is 0.587. The maximum atomic E-state index is 12.2. The zero-order valence-corrected chi connectivity index (χ0v) is 17.8. The van der Waals surface area contributed by atoms with Crippen LogP contribution in [0.25, 0.3) is 10.9 Å². The SMILES string of the molecule is Cc1nc2cc(Cl)c([C@H](C)Nc3ccc(C(=O)OC(C)(C)C)cc3)cc2c(=O)[nH]1. The number of benzene rings is 2. The van der Waals surface area contributed by atoms with Crippen LogP contribution in [0.1, 0.15) is 55.5 Å². The minimum atomic E-state index is -0.541. The predicted molar refractivity (Wildman–Crippen MR) is 116 cm³/mol. The van der Waals surface area contributed by atoms with Crippen LogP contribution in [0.3, 0.4) is 0 Å². The second-order valence-electron chi connectivity index (χ2n) is 7.99. The van der Waals surface area contributed by atoms with Crippen LogP contribution in [0.5, 0.6) is 0 Å². The summed E-state index contributed by atoms with van der Waals surface area (Å²) in [5.74, 6) is 0.180. The molecule has 0 amide bonds. The van der Waals surface area contributed by atoms with E-state index >= 15 is 0 Å². The Bertz CT molecular complexity index is 1120. The Hall–Kier alpha value is -2.86. The number of hydrogen-bond donors (Lipinski definition) is 2. The Labute approximate surface area is 174 Å². The number of aryl methyl sites for hydroxylation is 1. The molecule has 3 aromatic rings. The van der Waals surface area contributed by atoms with Crippen molar-refractivity contribution in [3.05, 3.63) is 68.7 Å². The molecule has 0 radical (unpaired) electrons. The largest absolute Gasteiger partial charge is 0.456 e. The van der Waals surface area contributed by atoms with E-state index in [1.807, 2.05) is 39.8 Å². The number of nitrogens with zero attached hydrogens (tertiary/aromatic N) is 1. The molecule has 2 N–H and O–H groups in total. The molecule has 2 aromatic carbocycles. The number of aromatic amines is 1. The van der Waals surface area contributed by atoms with Crippen LogP contribution in [0.2, 0.25) is 5.02 Å². The second-order valence-corrected chi connectivity index (χ2v) is 8.39. The van der Waals surface area contributed by atoms with E-state index in [4.69, 9.17) is 16.3 Å². The molecule has 3 rings (SSSR count). The summed E-state index contributed by atoms with van der Waals surface area (Å²) in [6.07, 6.45) is 0. The maximum absolute atomic E-state index is 12.2. The predicted octanol–water partition coefficient (Wildman–Crippen LogP) is 5.01. The molecule has 29 heavy (non-hydrogen) atoms. The van der Waals surface area contributed by atoms with Crippen LogP contribution in [-0.4, -0.2) is 21.5 Å². The van der Waals surface area contributed by atoms with E-state index < -0.39 is 5.60 Å². The first kappa shape index (κ1) is 20.9. The molecular weight excluding hydrogens is 390 g/mol. The second kappa shape index (κ2) is 7.87. The molecule has 0 aliphatic heterocycles. The molecule has 0 saturated carbocycles. The lowest BCUT2D eigenvalue weighted by molar-refractivity contribution is 0.00696. The van der Waals surface area contributed by atoms with Crippen molar-refractivity contribution < 1.29 is 9.53 Å². The number of H-pyrrole nitrogens is 1. The highest BCUT2D eigenvalue weighted by Gasteiger charge is 2.18. The molecule has 1 heterocycles. The summed E-state index contributed by atoms with van der Waals surface area (Å²) < 4.78 is 5.37. The molecule has 1 aromatic heterocycles. The monoisotopic (exact) mass is 413 g/mol. The minimum Gasteiger partial charge on any atom is -0.456 e. The van der Waals surface area contributed by atoms with Crippen molar-refractivity contribution in [1.29, 1.82) is 0 Å². The Balaban J connectivity index is 1.81. The summed E-state index contributed by atoms with van der Waals surface area (Å²) in [6.45, 7) is 9.17. The number of carbonyl (C=O) groups excluding carboxylic acids is 1. The molecule has 0 unspecified atom stereocenters. The standard InChI is InChI=1S/C22H24ClN3O3/c1-12(16-10-17-19(11-18(16)23)25-13(2)26-20(17)27)24-15-8-6-14(7-9-15)21(28)29-22(3,4)5/h6-12,24H,1-5H3,(H,25,26,27)/t12-/m0/s1. The maximum Gasteiger partial charge on any atom is 0.338 e. The van der Waals surface area contributed by atoms with Gasteiger partial charge in [0.2, 0.25) is 0 Å². The van der Waals surface area contributed by atoms with E-state index in [0.29, 0.717) is 27.3 Å². The summed E-state index contributed by atoms with van der Waals surface area (Å²) in [6, 6.07) is 10.3. The number of hydrogen-bond acceptors (Lipinski definition) is 5. The van der Waals surface area contributed by atoms with Gasteiger partial charge in [-0.15, -0.1) is 0 Å². The number of rotatable bonds is 4. The highest BCUT2D eigenvalue weighted by molar-refractivity contribution is 6.32. The Morgan fingerprint density at radius 1 is 1.21 bits per heavy atom. The number of esters is 1. The third kappa shape index (κ3) is 4.95. The van der Waals surface area contributed by atoms with Crippen molar-refractivity contribution in [3.8, 4) is 0 Å². The average molecular weight is 414 g/mol. The summed E-state index contributed by atoms with van der Waals surface area (Å²) in [5.41, 5.74) is 1.91. The molecule has 0 bridgehead atoms. The number of carbonyl (C=O) groups is 1. The van der Waals surface area contributed by atoms with Crippen molar-refractivity contribution >= 4 is 34.2 Å². The summed E-state index contributed by atoms with van der Waals surface area (Å²) >= 11 is 6.44. The fourth-order valence-corrected chi connectivity index (χ4v) is 3.31. The molecule has 0 fully saturated rings. The third-order valence-electron chi connectivity index (χ3n) is 4.31. The fourth-order valence-electron chi connectivity index (χ4n) is 2.99. The first-order valence-corrected chi connectivity index (χ1v) is 9.71. The molecule has 0 aliphatic rings. The molecular formula is C22H24ClN3O3. The van der Waals surface area contributed by atoms with Gasteiger partial charge in [-0.1, -0.05) is 11.6 Å². The molecule has 0 spiro atoms. The smallest absolute Gasteiger partial charge is 0.338 e. The van der Waals surface area contributed by atoms with E-state index in [1.165, 1.54) is 0 Å². The van der Waals surface area contributed by atoms with Crippen molar-refractivity contribution in [2.75, 3.05) is 5.32 Å². The zero-order chi connectivity index (χ0) is 21.3. The van der Waals surface area contributed by atoms with Crippen LogP contribution < -0.4 is 10.9 Å². The van der Waals surface area contributed by atoms with E-state index in [9.17, 15) is 9.59 Å². The Kier molecular flexibility index (Phi) is 5.66. The van der Waals surface area contributed by atoms with Gasteiger partial charge in [-0.3, -0.25) is 4.79 Å². The average Bonchev–Trinajstić information content (AvgIpc) is 2.60. The number of anilines is 1. The Morgan fingerprint density at radius 3 is 2.48 bits per heavy atom. The van der Waals surface area contributed by atoms with E-state index in [-0.39, 0.29) is 17.6 Å². The lowest BCUT2D eigenvalue weighted by Crippen LogP contribution is -2.23. The Morgan fingerprint density at radius 2 is 1.86 bits per heavy atom. The lowest BCUT2D eigenvalue weighted by Gasteiger charge is -2.20. The normalized spacial score (nSPS) is 12.6. The van der Waals surface area contributed by atoms with Gasteiger partial charge in [0.25, 0.3) is 5.56 Å². The number of halogens is 1. The van der Waals surface area contributed by atoms with Crippen LogP contribution in [0, 0.1) is 6.92 Å². The first-order chi connectivity index (χ1) is 13.5. The molecule has 0 saturated heterocycles. The van der Waals surface area contributed by atoms with Gasteiger partial charge in [-0.05, 0) is 76.6 Å². The molecule has 6 nitrogen and oxygen atoms in total. The number of nitrogens with one attached hydrogen (secondary N) is 2. The number of fused-ring (bicyclic) bond motifs is 1. The van der Waals surface area contributed by atoms with E-state index in [1.54, 1.807) is 31.2 Å². The first-order valence-electron chi connectivity index (χ1n) is 9.33. The van der Waals surface area contributed by atoms with Crippen molar-refractivity contribution in [3.63, 3.8) is 0 Å². The molecule has 1 atom stereocenters. The van der Waals surface area contributed by atoms with Crippen LogP contribution in [0.4, 0.5) is 5.69 Å². The topological polar surface area (TPSA) is 84.1 Å². The number of aromatic nitrogens is 2. The van der Waals surface area contributed by atoms with Crippen LogP contribution in [-0.2, 0) is 4.74 Å². The number of ether oxygens (including phenoxy) is 1. The third-order valence-corrected chi connectivity index (χ3v) is 4.64. The van der Waals surface area contributed by atoms with Crippen LogP contribution >= 0.6 is 11.6 Å². The van der Waals surface area contributed by atoms with Crippen molar-refractivity contribution in [2.24, 2.45) is 0 Å². The van der Waals surface area contributed by atoms with Crippen molar-refractivity contribution in [1.82, 2.24) is 9.97 Å². The van der Waals surface area contributed by atoms with Gasteiger partial charge in [0, 0.05) is 10.7 Å². The van der Waals surface area contributed by atoms with E-state index in [0.717, 1.165) is 11.3 Å². The summed E-state index contributed by atoms with van der Waals surface area (Å²) in [5, 5.41) is 4.36. The molecule has 7 heteroatoms. The van der Waals surface area contributed by atoms with Gasteiger partial charge < -0.3 is 15.0 Å². The summed E-state index contributed by atoms with van der Waals surface area (Å²) in [7, 11) is 0. The minimum absolute atomic E-state index is 0.167. The molecule has 152 valence electrons. The van der Waals surface area contributed by atoms with Gasteiger partial charge >= 0.3 is 5.97 Å². The van der Waals surface area contributed by atoms with Gasteiger partial charge in [0.05, 0.1) is 22.5 Å². The van der Waals surface area contributed by atoms with Gasteiger partial charge in [0.15, 0.2) is 0 Å². The van der Waals surface area contributed by atoms with Gasteiger partial charge in [0.1, 0.15) is 11.4 Å². The highest BCUT2D eigenvalue weighted by Crippen LogP contribution is 2.29.